The van der Waals surface area contributed by atoms with Crippen LogP contribution in [0.1, 0.15) is 5.01 Å². The summed E-state index contributed by atoms with van der Waals surface area (Å²) in [5, 5.41) is 10.8. The smallest absolute Gasteiger partial charge is 0.147 e. The van der Waals surface area contributed by atoms with Crippen molar-refractivity contribution in [1.82, 2.24) is 10.2 Å². The molecule has 0 unspecified atom stereocenters. The van der Waals surface area contributed by atoms with Crippen molar-refractivity contribution < 1.29 is 4.74 Å². The van der Waals surface area contributed by atoms with Crippen molar-refractivity contribution in [2.24, 2.45) is 0 Å². The first-order valence-electron chi connectivity index (χ1n) is 4.36. The van der Waals surface area contributed by atoms with Gasteiger partial charge in [-0.15, -0.1) is 10.2 Å². The first-order chi connectivity index (χ1) is 7.33. The van der Waals surface area contributed by atoms with E-state index in [4.69, 9.17) is 4.74 Å². The molecule has 78 valence electrons. The third-order valence-corrected chi connectivity index (χ3v) is 3.79. The van der Waals surface area contributed by atoms with Crippen LogP contribution in [0.3, 0.4) is 0 Å². The lowest BCUT2D eigenvalue weighted by Crippen LogP contribution is -1.82. The number of benzene rings is 1. The van der Waals surface area contributed by atoms with Gasteiger partial charge in [0.2, 0.25) is 0 Å². The van der Waals surface area contributed by atoms with Crippen LogP contribution in [0.25, 0.3) is 10.6 Å². The van der Waals surface area contributed by atoms with Gasteiger partial charge in [-0.3, -0.25) is 0 Å². The van der Waals surface area contributed by atoms with E-state index < -0.39 is 0 Å². The summed E-state index contributed by atoms with van der Waals surface area (Å²) < 4.78 is 5.09. The monoisotopic (exact) mass is 284 g/mol. The van der Waals surface area contributed by atoms with Crippen LogP contribution in [-0.2, 0) is 5.33 Å². The zero-order valence-electron chi connectivity index (χ0n) is 8.11. The Morgan fingerprint density at radius 1 is 1.27 bits per heavy atom. The summed E-state index contributed by atoms with van der Waals surface area (Å²) >= 11 is 4.94. The Kier molecular flexibility index (Phi) is 3.33. The molecule has 2 aromatic rings. The van der Waals surface area contributed by atoms with Crippen LogP contribution in [0, 0.1) is 0 Å². The molecule has 0 saturated carbocycles. The van der Waals surface area contributed by atoms with Gasteiger partial charge < -0.3 is 4.74 Å². The van der Waals surface area contributed by atoms with Crippen molar-refractivity contribution in [2.75, 3.05) is 7.11 Å². The standard InChI is InChI=1S/C10H9BrN2OS/c1-14-8-4-2-7(3-5-8)10-13-12-9(6-11)15-10/h2-5H,6H2,1H3. The van der Waals surface area contributed by atoms with E-state index in [9.17, 15) is 0 Å². The summed E-state index contributed by atoms with van der Waals surface area (Å²) in [7, 11) is 1.66. The normalized spacial score (nSPS) is 10.3. The Hall–Kier alpha value is -0.940. The highest BCUT2D eigenvalue weighted by atomic mass is 79.9. The van der Waals surface area contributed by atoms with Gasteiger partial charge in [0.25, 0.3) is 0 Å². The number of hydrogen-bond acceptors (Lipinski definition) is 4. The molecule has 0 amide bonds. The summed E-state index contributed by atoms with van der Waals surface area (Å²) in [6, 6.07) is 7.81. The van der Waals surface area contributed by atoms with Crippen molar-refractivity contribution in [2.45, 2.75) is 5.33 Å². The first-order valence-corrected chi connectivity index (χ1v) is 6.30. The first kappa shape index (κ1) is 10.6. The number of rotatable bonds is 3. The summed E-state index contributed by atoms with van der Waals surface area (Å²) in [6.45, 7) is 0. The lowest BCUT2D eigenvalue weighted by atomic mass is 10.2. The van der Waals surface area contributed by atoms with Gasteiger partial charge in [0.1, 0.15) is 15.8 Å². The van der Waals surface area contributed by atoms with Crippen LogP contribution in [0.4, 0.5) is 0 Å². The second-order valence-electron chi connectivity index (χ2n) is 2.86. The van der Waals surface area contributed by atoms with E-state index in [1.165, 1.54) is 0 Å². The van der Waals surface area contributed by atoms with Gasteiger partial charge in [-0.2, -0.15) is 0 Å². The quantitative estimate of drug-likeness (QED) is 0.813. The SMILES string of the molecule is COc1ccc(-c2nnc(CBr)s2)cc1. The number of ether oxygens (including phenoxy) is 1. The lowest BCUT2D eigenvalue weighted by molar-refractivity contribution is 0.415. The molecule has 1 heterocycles. The predicted octanol–water partition coefficient (Wildman–Crippen LogP) is 3.11. The molecule has 2 rings (SSSR count). The molecule has 15 heavy (non-hydrogen) atoms. The van der Waals surface area contributed by atoms with E-state index in [-0.39, 0.29) is 0 Å². The van der Waals surface area contributed by atoms with E-state index in [1.807, 2.05) is 24.3 Å². The maximum atomic E-state index is 5.09. The van der Waals surface area contributed by atoms with Gasteiger partial charge in [-0.1, -0.05) is 27.3 Å². The van der Waals surface area contributed by atoms with E-state index in [2.05, 4.69) is 26.1 Å². The van der Waals surface area contributed by atoms with Gasteiger partial charge in [0.15, 0.2) is 0 Å². The number of nitrogens with zero attached hydrogens (tertiary/aromatic N) is 2. The molecule has 0 atom stereocenters. The summed E-state index contributed by atoms with van der Waals surface area (Å²) in [4.78, 5) is 0. The van der Waals surface area contributed by atoms with Crippen LogP contribution < -0.4 is 4.74 Å². The minimum absolute atomic E-state index is 0.751. The van der Waals surface area contributed by atoms with Crippen molar-refractivity contribution in [1.29, 1.82) is 0 Å². The van der Waals surface area contributed by atoms with Gasteiger partial charge in [-0.05, 0) is 24.3 Å². The molecule has 0 spiro atoms. The van der Waals surface area contributed by atoms with Crippen LogP contribution in [0.15, 0.2) is 24.3 Å². The van der Waals surface area contributed by atoms with E-state index >= 15 is 0 Å². The predicted molar refractivity (Wildman–Crippen MR) is 64.5 cm³/mol. The second kappa shape index (κ2) is 4.72. The molecule has 0 saturated heterocycles. The van der Waals surface area contributed by atoms with Gasteiger partial charge in [0, 0.05) is 5.56 Å². The van der Waals surface area contributed by atoms with Crippen molar-refractivity contribution in [3.8, 4) is 16.3 Å². The Bertz CT molecular complexity index is 441. The summed E-state index contributed by atoms with van der Waals surface area (Å²) in [5.41, 5.74) is 1.07. The minimum Gasteiger partial charge on any atom is -0.497 e. The third-order valence-electron chi connectivity index (χ3n) is 1.92. The van der Waals surface area contributed by atoms with E-state index in [0.29, 0.717) is 0 Å². The Morgan fingerprint density at radius 3 is 2.53 bits per heavy atom. The van der Waals surface area contributed by atoms with Gasteiger partial charge in [-0.25, -0.2) is 0 Å². The molecular formula is C10H9BrN2OS. The third kappa shape index (κ3) is 2.35. The fourth-order valence-corrected chi connectivity index (χ4v) is 2.31. The second-order valence-corrected chi connectivity index (χ2v) is 4.49. The largest absolute Gasteiger partial charge is 0.497 e. The highest BCUT2D eigenvalue weighted by Gasteiger charge is 2.05. The zero-order valence-corrected chi connectivity index (χ0v) is 10.5. The fraction of sp³-hybridized carbons (Fsp3) is 0.200. The molecule has 0 aliphatic rings. The Balaban J connectivity index is 2.28. The molecular weight excluding hydrogens is 276 g/mol. The fourth-order valence-electron chi connectivity index (χ4n) is 1.16. The molecule has 1 aromatic heterocycles. The number of alkyl halides is 1. The maximum Gasteiger partial charge on any atom is 0.147 e. The minimum atomic E-state index is 0.751. The van der Waals surface area contributed by atoms with Crippen molar-refractivity contribution in [3.05, 3.63) is 29.3 Å². The Labute approximate surface area is 100 Å². The number of halogens is 1. The molecule has 0 aliphatic heterocycles. The van der Waals surface area contributed by atoms with Crippen LogP contribution >= 0.6 is 27.3 Å². The molecule has 0 N–H and O–H groups in total. The van der Waals surface area contributed by atoms with Crippen molar-refractivity contribution in [3.63, 3.8) is 0 Å². The van der Waals surface area contributed by atoms with Gasteiger partial charge in [0.05, 0.1) is 12.4 Å². The average molecular weight is 285 g/mol. The van der Waals surface area contributed by atoms with Crippen LogP contribution in [0.5, 0.6) is 5.75 Å². The number of hydrogen-bond donors (Lipinski definition) is 0. The summed E-state index contributed by atoms with van der Waals surface area (Å²) in [6.07, 6.45) is 0. The highest BCUT2D eigenvalue weighted by Crippen LogP contribution is 2.26. The van der Waals surface area contributed by atoms with E-state index in [0.717, 1.165) is 26.7 Å². The molecule has 3 nitrogen and oxygen atoms in total. The summed E-state index contributed by atoms with van der Waals surface area (Å²) in [5.74, 6) is 0.851. The molecule has 0 radical (unpaired) electrons. The number of methoxy groups -OCH3 is 1. The molecule has 0 fully saturated rings. The van der Waals surface area contributed by atoms with Gasteiger partial charge >= 0.3 is 0 Å². The molecule has 1 aromatic carbocycles. The molecule has 5 heteroatoms. The zero-order chi connectivity index (χ0) is 10.7. The lowest BCUT2D eigenvalue weighted by Gasteiger charge is -1.99. The van der Waals surface area contributed by atoms with Crippen molar-refractivity contribution >= 4 is 27.3 Å². The maximum absolute atomic E-state index is 5.09. The highest BCUT2D eigenvalue weighted by molar-refractivity contribution is 9.08. The van der Waals surface area contributed by atoms with Crippen LogP contribution in [0.2, 0.25) is 0 Å². The molecule has 0 bridgehead atoms. The molecule has 0 aliphatic carbocycles. The number of aromatic nitrogens is 2. The topological polar surface area (TPSA) is 35.0 Å². The van der Waals surface area contributed by atoms with E-state index in [1.54, 1.807) is 18.4 Å². The Morgan fingerprint density at radius 2 is 2.00 bits per heavy atom. The van der Waals surface area contributed by atoms with Crippen LogP contribution in [-0.4, -0.2) is 17.3 Å². The average Bonchev–Trinajstić information content (AvgIpc) is 2.78.